The third-order valence-corrected chi connectivity index (χ3v) is 1.40. The van der Waals surface area contributed by atoms with Gasteiger partial charge < -0.3 is 0 Å². The van der Waals surface area contributed by atoms with Gasteiger partial charge in [0.2, 0.25) is 0 Å². The molecule has 0 aliphatic carbocycles. The summed E-state index contributed by atoms with van der Waals surface area (Å²) in [5, 5.41) is 0. The molecule has 0 atom stereocenters. The molecule has 1 aromatic rings. The molecule has 0 aliphatic rings. The van der Waals surface area contributed by atoms with E-state index in [0.717, 1.165) is 11.1 Å². The first-order valence-corrected chi connectivity index (χ1v) is 3.54. The van der Waals surface area contributed by atoms with E-state index >= 15 is 0 Å². The molecule has 1 rings (SSSR count). The Morgan fingerprint density at radius 1 is 1.42 bits per heavy atom. The summed E-state index contributed by atoms with van der Waals surface area (Å²) in [5.41, 5.74) is 1.84. The van der Waals surface area contributed by atoms with E-state index in [4.69, 9.17) is 0 Å². The largest absolute Gasteiger partial charge is 0.289 e. The van der Waals surface area contributed by atoms with Gasteiger partial charge >= 0.3 is 0 Å². The van der Waals surface area contributed by atoms with Crippen LogP contribution in [0.15, 0.2) is 30.8 Å². The fraction of sp³-hybridized carbons (Fsp3) is 0. The van der Waals surface area contributed by atoms with Crippen molar-refractivity contribution in [1.82, 2.24) is 0 Å². The van der Waals surface area contributed by atoms with Crippen LogP contribution in [0.1, 0.15) is 11.1 Å². The maximum absolute atomic E-state index is 9.94. The molecule has 1 aromatic carbocycles. The molecule has 12 heavy (non-hydrogen) atoms. The molecule has 0 aliphatic heterocycles. The van der Waals surface area contributed by atoms with Crippen molar-refractivity contribution in [2.45, 2.75) is 0 Å². The predicted molar refractivity (Wildman–Crippen MR) is 49.5 cm³/mol. The summed E-state index contributed by atoms with van der Waals surface area (Å²) in [4.78, 5) is 9.94. The van der Waals surface area contributed by atoms with Gasteiger partial charge in [0.1, 0.15) is 0 Å². The zero-order chi connectivity index (χ0) is 8.81. The predicted octanol–water partition coefficient (Wildman–Crippen LogP) is 1.88. The van der Waals surface area contributed by atoms with Crippen molar-refractivity contribution >= 4 is 12.4 Å². The third kappa shape index (κ3) is 2.10. The Hall–Kier alpha value is -1.81. The monoisotopic (exact) mass is 156 g/mol. The summed E-state index contributed by atoms with van der Waals surface area (Å²) in [6, 6.07) is 7.54. The maximum Gasteiger partial charge on any atom is 0.193 e. The van der Waals surface area contributed by atoms with Gasteiger partial charge in [0.15, 0.2) is 6.29 Å². The molecule has 0 bridgehead atoms. The molecule has 0 radical (unpaired) electrons. The topological polar surface area (TPSA) is 17.1 Å². The molecule has 0 unspecified atom stereocenters. The standard InChI is InChI=1S/C11H8O/c1-2-10-5-3-6-11(9-10)7-4-8-12/h2-3,5-6,8-9H,1H2. The number of carbonyl (C=O) groups is 1. The molecule has 0 aromatic heterocycles. The smallest absolute Gasteiger partial charge is 0.193 e. The summed E-state index contributed by atoms with van der Waals surface area (Å²) in [6.07, 6.45) is 2.33. The normalized spacial score (nSPS) is 8.00. The van der Waals surface area contributed by atoms with Crippen LogP contribution in [0.4, 0.5) is 0 Å². The highest BCUT2D eigenvalue weighted by molar-refractivity contribution is 5.74. The molecule has 0 N–H and O–H groups in total. The lowest BCUT2D eigenvalue weighted by Gasteiger charge is -1.92. The Labute approximate surface area is 71.7 Å². The van der Waals surface area contributed by atoms with E-state index in [-0.39, 0.29) is 0 Å². The molecule has 0 fully saturated rings. The number of aldehydes is 1. The molecule has 0 spiro atoms. The van der Waals surface area contributed by atoms with Crippen molar-refractivity contribution in [2.24, 2.45) is 0 Å². The SMILES string of the molecule is C=Cc1cccc(C#CC=O)c1. The van der Waals surface area contributed by atoms with E-state index < -0.39 is 0 Å². The van der Waals surface area contributed by atoms with Crippen LogP contribution < -0.4 is 0 Å². The Balaban J connectivity index is 3.01. The minimum Gasteiger partial charge on any atom is -0.289 e. The van der Waals surface area contributed by atoms with E-state index in [1.165, 1.54) is 0 Å². The van der Waals surface area contributed by atoms with Gasteiger partial charge in [-0.1, -0.05) is 30.7 Å². The average molecular weight is 156 g/mol. The van der Waals surface area contributed by atoms with E-state index in [9.17, 15) is 4.79 Å². The third-order valence-electron chi connectivity index (χ3n) is 1.40. The first-order chi connectivity index (χ1) is 5.86. The van der Waals surface area contributed by atoms with Crippen molar-refractivity contribution in [3.05, 3.63) is 42.0 Å². The Morgan fingerprint density at radius 2 is 2.25 bits per heavy atom. The highest BCUT2D eigenvalue weighted by atomic mass is 16.1. The lowest BCUT2D eigenvalue weighted by molar-refractivity contribution is -0.103. The van der Waals surface area contributed by atoms with Gasteiger partial charge in [-0.25, -0.2) is 0 Å². The van der Waals surface area contributed by atoms with Gasteiger partial charge in [-0.15, -0.1) is 0 Å². The number of benzene rings is 1. The second kappa shape index (κ2) is 4.15. The summed E-state index contributed by atoms with van der Waals surface area (Å²) in [6.45, 7) is 3.63. The van der Waals surface area contributed by atoms with E-state index in [0.29, 0.717) is 6.29 Å². The summed E-state index contributed by atoms with van der Waals surface area (Å²) in [7, 11) is 0. The van der Waals surface area contributed by atoms with Crippen LogP contribution in [0.2, 0.25) is 0 Å². The second-order valence-corrected chi connectivity index (χ2v) is 2.22. The zero-order valence-corrected chi connectivity index (χ0v) is 6.58. The molecule has 1 heteroatoms. The summed E-state index contributed by atoms with van der Waals surface area (Å²) < 4.78 is 0. The van der Waals surface area contributed by atoms with Gasteiger partial charge in [-0.05, 0) is 23.6 Å². The Kier molecular flexibility index (Phi) is 2.87. The second-order valence-electron chi connectivity index (χ2n) is 2.22. The summed E-state index contributed by atoms with van der Waals surface area (Å²) in [5.74, 6) is 5.05. The first-order valence-electron chi connectivity index (χ1n) is 3.54. The van der Waals surface area contributed by atoms with Crippen LogP contribution in [-0.4, -0.2) is 6.29 Å². The van der Waals surface area contributed by atoms with Crippen LogP contribution in [-0.2, 0) is 4.79 Å². The minimum atomic E-state index is 0.584. The van der Waals surface area contributed by atoms with Crippen LogP contribution in [0.5, 0.6) is 0 Å². The van der Waals surface area contributed by atoms with Crippen molar-refractivity contribution < 1.29 is 4.79 Å². The average Bonchev–Trinajstić information content (AvgIpc) is 2.15. The molecule has 58 valence electrons. The minimum absolute atomic E-state index is 0.584. The number of hydrogen-bond donors (Lipinski definition) is 0. The number of carbonyl (C=O) groups excluding carboxylic acids is 1. The van der Waals surface area contributed by atoms with Crippen LogP contribution in [0, 0.1) is 11.8 Å². The van der Waals surface area contributed by atoms with E-state index in [1.54, 1.807) is 6.08 Å². The van der Waals surface area contributed by atoms with Crippen molar-refractivity contribution in [3.63, 3.8) is 0 Å². The molecule has 0 saturated heterocycles. The summed E-state index contributed by atoms with van der Waals surface area (Å²) >= 11 is 0. The van der Waals surface area contributed by atoms with Crippen LogP contribution in [0.25, 0.3) is 6.08 Å². The molecule has 0 saturated carbocycles. The van der Waals surface area contributed by atoms with Gasteiger partial charge in [-0.2, -0.15) is 0 Å². The highest BCUT2D eigenvalue weighted by Gasteiger charge is 1.86. The van der Waals surface area contributed by atoms with E-state index in [2.05, 4.69) is 18.4 Å². The fourth-order valence-electron chi connectivity index (χ4n) is 0.856. The number of hydrogen-bond acceptors (Lipinski definition) is 1. The van der Waals surface area contributed by atoms with Crippen LogP contribution >= 0.6 is 0 Å². The molecule has 1 nitrogen and oxygen atoms in total. The Bertz CT molecular complexity index is 353. The van der Waals surface area contributed by atoms with Gasteiger partial charge in [0, 0.05) is 5.56 Å². The first kappa shape index (κ1) is 8.29. The molecular weight excluding hydrogens is 148 g/mol. The van der Waals surface area contributed by atoms with Crippen molar-refractivity contribution in [2.75, 3.05) is 0 Å². The Morgan fingerprint density at radius 3 is 2.92 bits per heavy atom. The molecule has 0 amide bonds. The highest BCUT2D eigenvalue weighted by Crippen LogP contribution is 2.04. The van der Waals surface area contributed by atoms with Gasteiger partial charge in [0.05, 0.1) is 0 Å². The van der Waals surface area contributed by atoms with Crippen LogP contribution in [0.3, 0.4) is 0 Å². The maximum atomic E-state index is 9.94. The van der Waals surface area contributed by atoms with Crippen molar-refractivity contribution in [1.29, 1.82) is 0 Å². The quantitative estimate of drug-likeness (QED) is 0.448. The van der Waals surface area contributed by atoms with E-state index in [1.807, 2.05) is 24.3 Å². The lowest BCUT2D eigenvalue weighted by Crippen LogP contribution is -1.76. The molecular formula is C11H8O. The zero-order valence-electron chi connectivity index (χ0n) is 6.58. The molecule has 0 heterocycles. The van der Waals surface area contributed by atoms with Crippen molar-refractivity contribution in [3.8, 4) is 11.8 Å². The fourth-order valence-corrected chi connectivity index (χ4v) is 0.856. The van der Waals surface area contributed by atoms with Gasteiger partial charge in [-0.3, -0.25) is 4.79 Å². The lowest BCUT2D eigenvalue weighted by atomic mass is 10.1. The number of rotatable bonds is 1. The van der Waals surface area contributed by atoms with Gasteiger partial charge in [0.25, 0.3) is 0 Å².